The van der Waals surface area contributed by atoms with Crippen molar-refractivity contribution >= 4 is 11.8 Å². The summed E-state index contributed by atoms with van der Waals surface area (Å²) in [7, 11) is 1.44. The Bertz CT molecular complexity index is 653. The molecule has 0 aromatic carbocycles. The van der Waals surface area contributed by atoms with Gasteiger partial charge in [-0.05, 0) is 18.3 Å². The molecule has 2 amide bonds. The van der Waals surface area contributed by atoms with E-state index in [1.165, 1.54) is 11.9 Å². The van der Waals surface area contributed by atoms with Crippen molar-refractivity contribution in [2.45, 2.75) is 32.9 Å². The highest BCUT2D eigenvalue weighted by Crippen LogP contribution is 2.44. The molecule has 0 atom stereocenters. The van der Waals surface area contributed by atoms with Crippen LogP contribution in [-0.4, -0.2) is 46.8 Å². The lowest BCUT2D eigenvalue weighted by Crippen LogP contribution is -2.45. The monoisotopic (exact) mass is 358 g/mol. The third-order valence-corrected chi connectivity index (χ3v) is 4.24. The lowest BCUT2D eigenvalue weighted by molar-refractivity contribution is -0.141. The van der Waals surface area contributed by atoms with Crippen molar-refractivity contribution in [3.05, 3.63) is 23.8 Å². The first kappa shape index (κ1) is 19.1. The number of nitrogens with zero attached hydrogens (tertiary/aromatic N) is 3. The van der Waals surface area contributed by atoms with Crippen LogP contribution < -0.4 is 5.32 Å². The zero-order chi connectivity index (χ0) is 18.8. The molecule has 1 aromatic heterocycles. The molecule has 6 nitrogen and oxygen atoms in total. The predicted octanol–water partition coefficient (Wildman–Crippen LogP) is 2.12. The van der Waals surface area contributed by atoms with Gasteiger partial charge in [0.1, 0.15) is 17.7 Å². The molecule has 1 heterocycles. The van der Waals surface area contributed by atoms with Crippen LogP contribution in [0.25, 0.3) is 0 Å². The second-order valence-corrected chi connectivity index (χ2v) is 7.07. The largest absolute Gasteiger partial charge is 0.433 e. The van der Waals surface area contributed by atoms with E-state index in [1.807, 2.05) is 0 Å². The summed E-state index contributed by atoms with van der Waals surface area (Å²) in [5, 5.41) is 2.75. The maximum atomic E-state index is 12.6. The summed E-state index contributed by atoms with van der Waals surface area (Å²) in [6.45, 7) is 4.60. The zero-order valence-corrected chi connectivity index (χ0v) is 14.4. The summed E-state index contributed by atoms with van der Waals surface area (Å²) in [5.74, 6) is -0.722. The van der Waals surface area contributed by atoms with Gasteiger partial charge in [-0.15, -0.1) is 0 Å². The first-order valence-electron chi connectivity index (χ1n) is 7.92. The number of halogens is 3. The van der Waals surface area contributed by atoms with Gasteiger partial charge in [0.2, 0.25) is 5.91 Å². The average molecular weight is 358 g/mol. The quantitative estimate of drug-likeness (QED) is 0.875. The van der Waals surface area contributed by atoms with Gasteiger partial charge < -0.3 is 10.2 Å². The molecule has 2 rings (SSSR count). The van der Waals surface area contributed by atoms with Crippen LogP contribution in [0, 0.1) is 11.3 Å². The van der Waals surface area contributed by atoms with Crippen LogP contribution in [0.3, 0.4) is 0 Å². The molecule has 138 valence electrons. The number of hydrogen-bond donors (Lipinski definition) is 1. The van der Waals surface area contributed by atoms with Crippen molar-refractivity contribution in [3.8, 4) is 0 Å². The van der Waals surface area contributed by atoms with Crippen molar-refractivity contribution < 1.29 is 22.8 Å². The first-order chi connectivity index (χ1) is 11.5. The third kappa shape index (κ3) is 4.90. The number of carbonyl (C=O) groups is 2. The van der Waals surface area contributed by atoms with Gasteiger partial charge >= 0.3 is 6.18 Å². The molecule has 1 fully saturated rings. The second kappa shape index (κ2) is 6.97. The lowest BCUT2D eigenvalue weighted by atomic mass is 9.64. The molecule has 0 aliphatic heterocycles. The maximum Gasteiger partial charge on any atom is 0.433 e. The van der Waals surface area contributed by atoms with Crippen molar-refractivity contribution in [2.24, 2.45) is 11.3 Å². The molecule has 1 aromatic rings. The van der Waals surface area contributed by atoms with Gasteiger partial charge in [0.05, 0.1) is 0 Å². The van der Waals surface area contributed by atoms with Crippen molar-refractivity contribution in [3.63, 3.8) is 0 Å². The summed E-state index contributed by atoms with van der Waals surface area (Å²) in [6.07, 6.45) is -2.27. The molecule has 1 N–H and O–H groups in total. The highest BCUT2D eigenvalue weighted by molar-refractivity contribution is 5.92. The topological polar surface area (TPSA) is 75.2 Å². The zero-order valence-electron chi connectivity index (χ0n) is 14.4. The van der Waals surface area contributed by atoms with Gasteiger partial charge in [-0.3, -0.25) is 9.59 Å². The van der Waals surface area contributed by atoms with Crippen LogP contribution in [0.4, 0.5) is 13.2 Å². The summed E-state index contributed by atoms with van der Waals surface area (Å²) >= 11 is 0. The van der Waals surface area contributed by atoms with E-state index in [2.05, 4.69) is 29.1 Å². The minimum absolute atomic E-state index is 0.00721. The fourth-order valence-electron chi connectivity index (χ4n) is 2.88. The minimum Gasteiger partial charge on any atom is -0.354 e. The Morgan fingerprint density at radius 1 is 1.32 bits per heavy atom. The highest BCUT2D eigenvalue weighted by atomic mass is 19.4. The third-order valence-electron chi connectivity index (χ3n) is 4.24. The Hall–Kier alpha value is -2.19. The van der Waals surface area contributed by atoms with Gasteiger partial charge in [-0.1, -0.05) is 13.8 Å². The Labute approximate surface area is 143 Å². The van der Waals surface area contributed by atoms with Crippen LogP contribution >= 0.6 is 0 Å². The predicted molar refractivity (Wildman–Crippen MR) is 83.5 cm³/mol. The highest BCUT2D eigenvalue weighted by Gasteiger charge is 2.40. The van der Waals surface area contributed by atoms with Crippen molar-refractivity contribution in [1.82, 2.24) is 20.2 Å². The lowest BCUT2D eigenvalue weighted by Gasteiger charge is -2.41. The number of aromatic nitrogens is 2. The standard InChI is InChI=1S/C16H21F3N4O2/c1-15(2)7-10(8-15)13(24)20-4-5-23(3)14(25)11-6-12(16(17,18)19)22-9-21-11/h6,9-10H,4-5,7-8H2,1-3H3,(H,20,24). The molecular formula is C16H21F3N4O2. The minimum atomic E-state index is -4.64. The van der Waals surface area contributed by atoms with Gasteiger partial charge in [0.25, 0.3) is 5.91 Å². The number of rotatable bonds is 5. The van der Waals surface area contributed by atoms with E-state index in [-0.39, 0.29) is 36.0 Å². The fraction of sp³-hybridized carbons (Fsp3) is 0.625. The van der Waals surface area contributed by atoms with Crippen LogP contribution in [0.5, 0.6) is 0 Å². The summed E-state index contributed by atoms with van der Waals surface area (Å²) < 4.78 is 37.9. The molecule has 0 unspecified atom stereocenters. The van der Waals surface area contributed by atoms with E-state index in [0.29, 0.717) is 12.4 Å². The molecule has 0 saturated heterocycles. The van der Waals surface area contributed by atoms with E-state index in [1.54, 1.807) is 0 Å². The SMILES string of the molecule is CN(CCNC(=O)C1CC(C)(C)C1)C(=O)c1cc(C(F)(F)F)ncn1. The number of likely N-dealkylation sites (N-methyl/N-ethyl adjacent to an activating group) is 1. The van der Waals surface area contributed by atoms with Gasteiger partial charge in [-0.2, -0.15) is 13.2 Å². The summed E-state index contributed by atoms with van der Waals surface area (Å²) in [4.78, 5) is 32.0. The number of amides is 2. The Balaban J connectivity index is 1.84. The van der Waals surface area contributed by atoms with Crippen LogP contribution in [-0.2, 0) is 11.0 Å². The molecule has 1 aliphatic carbocycles. The van der Waals surface area contributed by atoms with Crippen LogP contribution in [0.15, 0.2) is 12.4 Å². The van der Waals surface area contributed by atoms with E-state index in [0.717, 1.165) is 12.8 Å². The van der Waals surface area contributed by atoms with Crippen molar-refractivity contribution in [1.29, 1.82) is 0 Å². The Morgan fingerprint density at radius 2 is 1.96 bits per heavy atom. The van der Waals surface area contributed by atoms with Crippen LogP contribution in [0.2, 0.25) is 0 Å². The number of alkyl halides is 3. The van der Waals surface area contributed by atoms with Gasteiger partial charge in [0.15, 0.2) is 0 Å². The molecule has 1 aliphatic rings. The second-order valence-electron chi connectivity index (χ2n) is 7.07. The van der Waals surface area contributed by atoms with E-state index < -0.39 is 17.8 Å². The van der Waals surface area contributed by atoms with E-state index in [4.69, 9.17) is 0 Å². The Kier molecular flexibility index (Phi) is 5.34. The summed E-state index contributed by atoms with van der Waals surface area (Å²) in [6, 6.07) is 0.619. The van der Waals surface area contributed by atoms with Gasteiger partial charge in [0, 0.05) is 32.1 Å². The molecule has 25 heavy (non-hydrogen) atoms. The fourth-order valence-corrected chi connectivity index (χ4v) is 2.88. The maximum absolute atomic E-state index is 12.6. The number of nitrogens with one attached hydrogen (secondary N) is 1. The first-order valence-corrected chi connectivity index (χ1v) is 7.92. The number of hydrogen-bond acceptors (Lipinski definition) is 4. The van der Waals surface area contributed by atoms with Crippen molar-refractivity contribution in [2.75, 3.05) is 20.1 Å². The molecule has 9 heteroatoms. The number of carbonyl (C=O) groups excluding carboxylic acids is 2. The normalized spacial score (nSPS) is 16.9. The smallest absolute Gasteiger partial charge is 0.354 e. The molecule has 0 spiro atoms. The molecule has 0 radical (unpaired) electrons. The van der Waals surface area contributed by atoms with E-state index >= 15 is 0 Å². The average Bonchev–Trinajstić information content (AvgIpc) is 2.50. The van der Waals surface area contributed by atoms with Crippen LogP contribution in [0.1, 0.15) is 42.9 Å². The molecule has 1 saturated carbocycles. The van der Waals surface area contributed by atoms with Gasteiger partial charge in [-0.25, -0.2) is 9.97 Å². The molecular weight excluding hydrogens is 337 g/mol. The van der Waals surface area contributed by atoms with E-state index in [9.17, 15) is 22.8 Å². The summed E-state index contributed by atoms with van der Waals surface area (Å²) in [5.41, 5.74) is -1.31. The Morgan fingerprint density at radius 3 is 2.52 bits per heavy atom. The molecule has 0 bridgehead atoms.